The summed E-state index contributed by atoms with van der Waals surface area (Å²) >= 11 is 6.61. The van der Waals surface area contributed by atoms with E-state index in [4.69, 9.17) is 11.0 Å². The van der Waals surface area contributed by atoms with E-state index in [0.717, 1.165) is 14.5 Å². The second-order valence-corrected chi connectivity index (χ2v) is 3.95. The van der Waals surface area contributed by atoms with E-state index in [1.807, 2.05) is 6.07 Å². The molecule has 0 amide bonds. The van der Waals surface area contributed by atoms with Crippen LogP contribution in [0.3, 0.4) is 0 Å². The smallest absolute Gasteiger partial charge is 0.100 e. The van der Waals surface area contributed by atoms with Gasteiger partial charge in [-0.1, -0.05) is 15.9 Å². The molecular formula is C8H6Br2N2. The average Bonchev–Trinajstić information content (AvgIpc) is 2.08. The van der Waals surface area contributed by atoms with Gasteiger partial charge in [0.05, 0.1) is 5.56 Å². The summed E-state index contributed by atoms with van der Waals surface area (Å²) in [6.07, 6.45) is 0. The Labute approximate surface area is 87.6 Å². The van der Waals surface area contributed by atoms with Gasteiger partial charge in [0, 0.05) is 15.5 Å². The molecule has 12 heavy (non-hydrogen) atoms. The quantitative estimate of drug-likeness (QED) is 0.864. The number of nitrogens with zero attached hydrogens (tertiary/aromatic N) is 1. The number of hydrogen-bond donors (Lipinski definition) is 1. The van der Waals surface area contributed by atoms with Crippen LogP contribution in [0.2, 0.25) is 0 Å². The van der Waals surface area contributed by atoms with Crippen LogP contribution in [0, 0.1) is 11.3 Å². The molecule has 0 spiro atoms. The fraction of sp³-hybridized carbons (Fsp3) is 0.125. The third kappa shape index (κ3) is 1.86. The Balaban J connectivity index is 3.28. The minimum absolute atomic E-state index is 0.463. The van der Waals surface area contributed by atoms with E-state index in [0.29, 0.717) is 12.1 Å². The van der Waals surface area contributed by atoms with Gasteiger partial charge in [0.25, 0.3) is 0 Å². The number of rotatable bonds is 1. The number of benzene rings is 1. The van der Waals surface area contributed by atoms with Gasteiger partial charge in [-0.2, -0.15) is 5.26 Å². The lowest BCUT2D eigenvalue weighted by atomic mass is 10.1. The van der Waals surface area contributed by atoms with E-state index >= 15 is 0 Å². The molecule has 62 valence electrons. The number of nitrogens with two attached hydrogens (primary N) is 1. The summed E-state index contributed by atoms with van der Waals surface area (Å²) < 4.78 is 1.67. The van der Waals surface area contributed by atoms with Crippen molar-refractivity contribution in [3.8, 4) is 6.07 Å². The minimum Gasteiger partial charge on any atom is -0.326 e. The first-order chi connectivity index (χ1) is 5.69. The zero-order valence-electron chi connectivity index (χ0n) is 6.14. The Morgan fingerprint density at radius 1 is 1.33 bits per heavy atom. The standard InChI is InChI=1S/C8H6Br2N2/c9-7-1-5(3-11)8(10)2-6(7)4-12/h1-2H,3,11H2. The molecule has 0 aliphatic rings. The van der Waals surface area contributed by atoms with E-state index in [9.17, 15) is 0 Å². The Kier molecular flexibility index (Phi) is 3.27. The van der Waals surface area contributed by atoms with Crippen LogP contribution in [0.5, 0.6) is 0 Å². The molecule has 0 aliphatic carbocycles. The van der Waals surface area contributed by atoms with Crippen LogP contribution in [0.1, 0.15) is 11.1 Å². The molecule has 1 rings (SSSR count). The summed E-state index contributed by atoms with van der Waals surface area (Å²) in [5.41, 5.74) is 7.07. The molecule has 0 unspecified atom stereocenters. The molecule has 0 atom stereocenters. The molecule has 1 aromatic carbocycles. The Morgan fingerprint density at radius 3 is 2.50 bits per heavy atom. The van der Waals surface area contributed by atoms with Gasteiger partial charge < -0.3 is 5.73 Å². The lowest BCUT2D eigenvalue weighted by molar-refractivity contribution is 1.06. The second-order valence-electron chi connectivity index (χ2n) is 2.24. The summed E-state index contributed by atoms with van der Waals surface area (Å²) in [4.78, 5) is 0. The van der Waals surface area contributed by atoms with Crippen molar-refractivity contribution in [2.45, 2.75) is 6.54 Å². The van der Waals surface area contributed by atoms with Crippen LogP contribution in [0.15, 0.2) is 21.1 Å². The summed E-state index contributed by atoms with van der Waals surface area (Å²) in [5.74, 6) is 0. The predicted octanol–water partition coefficient (Wildman–Crippen LogP) is 2.54. The SMILES string of the molecule is N#Cc1cc(Br)c(CN)cc1Br. The molecule has 0 saturated heterocycles. The third-order valence-corrected chi connectivity index (χ3v) is 2.87. The van der Waals surface area contributed by atoms with Crippen molar-refractivity contribution in [2.75, 3.05) is 0 Å². The summed E-state index contributed by atoms with van der Waals surface area (Å²) in [5, 5.41) is 8.67. The van der Waals surface area contributed by atoms with Crippen LogP contribution in [-0.4, -0.2) is 0 Å². The van der Waals surface area contributed by atoms with Crippen LogP contribution < -0.4 is 5.73 Å². The van der Waals surface area contributed by atoms with Gasteiger partial charge in [-0.05, 0) is 33.6 Å². The predicted molar refractivity (Wildman–Crippen MR) is 54.4 cm³/mol. The molecule has 2 nitrogen and oxygen atoms in total. The van der Waals surface area contributed by atoms with Crippen LogP contribution in [0.25, 0.3) is 0 Å². The maximum Gasteiger partial charge on any atom is 0.100 e. The highest BCUT2D eigenvalue weighted by atomic mass is 79.9. The largest absolute Gasteiger partial charge is 0.326 e. The molecule has 0 fully saturated rings. The van der Waals surface area contributed by atoms with E-state index in [-0.39, 0.29) is 0 Å². The summed E-state index contributed by atoms with van der Waals surface area (Å²) in [6.45, 7) is 0.463. The Bertz CT molecular complexity index is 341. The Morgan fingerprint density at radius 2 is 2.00 bits per heavy atom. The van der Waals surface area contributed by atoms with Gasteiger partial charge in [-0.15, -0.1) is 0 Å². The lowest BCUT2D eigenvalue weighted by Gasteiger charge is -2.02. The fourth-order valence-corrected chi connectivity index (χ4v) is 1.81. The molecule has 0 heterocycles. The fourth-order valence-electron chi connectivity index (χ4n) is 0.830. The maximum atomic E-state index is 8.67. The molecule has 0 saturated carbocycles. The monoisotopic (exact) mass is 288 g/mol. The van der Waals surface area contributed by atoms with E-state index in [1.54, 1.807) is 6.07 Å². The van der Waals surface area contributed by atoms with Crippen molar-refractivity contribution in [1.29, 1.82) is 5.26 Å². The van der Waals surface area contributed by atoms with E-state index in [1.165, 1.54) is 0 Å². The number of hydrogen-bond acceptors (Lipinski definition) is 2. The molecule has 0 radical (unpaired) electrons. The van der Waals surface area contributed by atoms with Crippen molar-refractivity contribution in [1.82, 2.24) is 0 Å². The van der Waals surface area contributed by atoms with Crippen LogP contribution in [-0.2, 0) is 6.54 Å². The highest BCUT2D eigenvalue weighted by Gasteiger charge is 2.04. The topological polar surface area (TPSA) is 49.8 Å². The van der Waals surface area contributed by atoms with Crippen molar-refractivity contribution in [3.05, 3.63) is 32.2 Å². The highest BCUT2D eigenvalue weighted by Crippen LogP contribution is 2.25. The molecule has 0 bridgehead atoms. The first kappa shape index (κ1) is 9.72. The van der Waals surface area contributed by atoms with Gasteiger partial charge >= 0.3 is 0 Å². The van der Waals surface area contributed by atoms with Crippen molar-refractivity contribution in [3.63, 3.8) is 0 Å². The van der Waals surface area contributed by atoms with Crippen LogP contribution in [0.4, 0.5) is 0 Å². The third-order valence-electron chi connectivity index (χ3n) is 1.48. The molecule has 0 aromatic heterocycles. The molecule has 2 N–H and O–H groups in total. The van der Waals surface area contributed by atoms with Gasteiger partial charge in [0.15, 0.2) is 0 Å². The van der Waals surface area contributed by atoms with Gasteiger partial charge in [-0.25, -0.2) is 0 Å². The van der Waals surface area contributed by atoms with Crippen molar-refractivity contribution < 1.29 is 0 Å². The molecular weight excluding hydrogens is 284 g/mol. The minimum atomic E-state index is 0.463. The first-order valence-electron chi connectivity index (χ1n) is 3.27. The first-order valence-corrected chi connectivity index (χ1v) is 4.85. The average molecular weight is 290 g/mol. The molecule has 4 heteroatoms. The molecule has 0 aliphatic heterocycles. The normalized spacial score (nSPS) is 9.50. The summed E-state index contributed by atoms with van der Waals surface area (Å²) in [6, 6.07) is 5.68. The van der Waals surface area contributed by atoms with Crippen LogP contribution >= 0.6 is 31.9 Å². The van der Waals surface area contributed by atoms with E-state index < -0.39 is 0 Å². The second kappa shape index (κ2) is 4.04. The van der Waals surface area contributed by atoms with Gasteiger partial charge in [-0.3, -0.25) is 0 Å². The molecule has 1 aromatic rings. The zero-order chi connectivity index (χ0) is 9.14. The maximum absolute atomic E-state index is 8.67. The number of halogens is 2. The Hall–Kier alpha value is -0.370. The van der Waals surface area contributed by atoms with Gasteiger partial charge in [0.1, 0.15) is 6.07 Å². The van der Waals surface area contributed by atoms with E-state index in [2.05, 4.69) is 37.9 Å². The lowest BCUT2D eigenvalue weighted by Crippen LogP contribution is -1.97. The number of nitriles is 1. The van der Waals surface area contributed by atoms with Crippen molar-refractivity contribution in [2.24, 2.45) is 5.73 Å². The van der Waals surface area contributed by atoms with Gasteiger partial charge in [0.2, 0.25) is 0 Å². The summed E-state index contributed by atoms with van der Waals surface area (Å²) in [7, 11) is 0. The van der Waals surface area contributed by atoms with Crippen molar-refractivity contribution >= 4 is 31.9 Å². The highest BCUT2D eigenvalue weighted by molar-refractivity contribution is 9.11. The zero-order valence-corrected chi connectivity index (χ0v) is 9.31.